The van der Waals surface area contributed by atoms with Crippen molar-refractivity contribution in [1.82, 2.24) is 25.1 Å². The molecule has 140 valence electrons. The number of halogens is 1. The number of fused-ring (bicyclic) bond motifs is 1. The molecule has 0 spiro atoms. The summed E-state index contributed by atoms with van der Waals surface area (Å²) >= 11 is 6.16. The topological polar surface area (TPSA) is 72.7 Å². The van der Waals surface area contributed by atoms with Gasteiger partial charge in [0.1, 0.15) is 0 Å². The van der Waals surface area contributed by atoms with Gasteiger partial charge in [-0.3, -0.25) is 14.5 Å². The van der Waals surface area contributed by atoms with Crippen molar-refractivity contribution >= 4 is 28.4 Å². The van der Waals surface area contributed by atoms with Crippen molar-refractivity contribution in [1.29, 1.82) is 0 Å². The van der Waals surface area contributed by atoms with E-state index in [1.54, 1.807) is 36.8 Å². The summed E-state index contributed by atoms with van der Waals surface area (Å²) in [7, 11) is 0. The third kappa shape index (κ3) is 3.73. The van der Waals surface area contributed by atoms with Crippen LogP contribution in [0.3, 0.4) is 0 Å². The van der Waals surface area contributed by atoms with Crippen LogP contribution in [0.1, 0.15) is 22.8 Å². The largest absolute Gasteiger partial charge is 0.348 e. The molecule has 6 nitrogen and oxygen atoms in total. The van der Waals surface area contributed by atoms with Crippen LogP contribution in [0.4, 0.5) is 0 Å². The van der Waals surface area contributed by atoms with Gasteiger partial charge in [-0.05, 0) is 43.3 Å². The molecule has 1 N–H and O–H groups in total. The van der Waals surface area contributed by atoms with E-state index in [0.29, 0.717) is 33.7 Å². The molecule has 1 aromatic carbocycles. The van der Waals surface area contributed by atoms with E-state index in [-0.39, 0.29) is 5.91 Å². The number of hydrogen-bond donors (Lipinski definition) is 1. The second kappa shape index (κ2) is 7.78. The van der Waals surface area contributed by atoms with Gasteiger partial charge in [0.25, 0.3) is 5.91 Å². The first kappa shape index (κ1) is 18.1. The van der Waals surface area contributed by atoms with Crippen LogP contribution in [-0.4, -0.2) is 25.7 Å². The maximum Gasteiger partial charge on any atom is 0.252 e. The highest BCUT2D eigenvalue weighted by Gasteiger charge is 2.15. The summed E-state index contributed by atoms with van der Waals surface area (Å²) in [4.78, 5) is 21.8. The van der Waals surface area contributed by atoms with E-state index in [1.165, 1.54) is 0 Å². The van der Waals surface area contributed by atoms with E-state index < -0.39 is 0 Å². The number of carbonyl (C=O) groups is 1. The van der Waals surface area contributed by atoms with Crippen molar-refractivity contribution in [3.8, 4) is 11.3 Å². The van der Waals surface area contributed by atoms with Crippen LogP contribution in [0, 0.1) is 0 Å². The molecule has 0 fully saturated rings. The minimum atomic E-state index is -0.191. The lowest BCUT2D eigenvalue weighted by atomic mass is 10.0. The minimum absolute atomic E-state index is 0.191. The predicted molar refractivity (Wildman–Crippen MR) is 109 cm³/mol. The Hall–Kier alpha value is -3.25. The number of pyridine rings is 2. The van der Waals surface area contributed by atoms with Crippen molar-refractivity contribution in [2.75, 3.05) is 0 Å². The van der Waals surface area contributed by atoms with E-state index in [9.17, 15) is 4.79 Å². The number of aryl methyl sites for hydroxylation is 1. The summed E-state index contributed by atoms with van der Waals surface area (Å²) in [5.41, 5.74) is 3.70. The molecule has 4 rings (SSSR count). The molecule has 0 atom stereocenters. The Bertz CT molecular complexity index is 1140. The zero-order valence-corrected chi connectivity index (χ0v) is 16.0. The van der Waals surface area contributed by atoms with Crippen LogP contribution in [0.5, 0.6) is 0 Å². The number of nitrogens with zero attached hydrogens (tertiary/aromatic N) is 4. The number of nitrogens with one attached hydrogen (secondary N) is 1. The molecular weight excluding hydrogens is 374 g/mol. The number of benzene rings is 1. The highest BCUT2D eigenvalue weighted by molar-refractivity contribution is 6.31. The van der Waals surface area contributed by atoms with Gasteiger partial charge in [0.2, 0.25) is 0 Å². The highest BCUT2D eigenvalue weighted by Crippen LogP contribution is 2.26. The Kier molecular flexibility index (Phi) is 5.04. The van der Waals surface area contributed by atoms with Gasteiger partial charge in [0, 0.05) is 53.2 Å². The van der Waals surface area contributed by atoms with Crippen molar-refractivity contribution in [2.24, 2.45) is 0 Å². The van der Waals surface area contributed by atoms with Crippen LogP contribution in [0.2, 0.25) is 5.02 Å². The number of rotatable bonds is 5. The summed E-state index contributed by atoms with van der Waals surface area (Å²) in [5.74, 6) is -0.191. The molecule has 7 heteroatoms. The van der Waals surface area contributed by atoms with Gasteiger partial charge in [-0.2, -0.15) is 5.10 Å². The van der Waals surface area contributed by atoms with Crippen LogP contribution < -0.4 is 5.32 Å². The first-order valence-corrected chi connectivity index (χ1v) is 9.32. The lowest BCUT2D eigenvalue weighted by Gasteiger charge is -2.10. The van der Waals surface area contributed by atoms with Crippen molar-refractivity contribution in [3.05, 3.63) is 77.3 Å². The molecule has 4 aromatic rings. The average Bonchev–Trinajstić information content (AvgIpc) is 3.20. The maximum atomic E-state index is 13.0. The molecule has 0 saturated carbocycles. The van der Waals surface area contributed by atoms with Crippen LogP contribution in [0.15, 0.2) is 61.2 Å². The molecule has 0 bridgehead atoms. The molecule has 0 aliphatic rings. The predicted octanol–water partition coefficient (Wildman–Crippen LogP) is 4.10. The number of hydrogen-bond acceptors (Lipinski definition) is 4. The molecule has 1 amide bonds. The Morgan fingerprint density at radius 2 is 2.11 bits per heavy atom. The van der Waals surface area contributed by atoms with E-state index in [0.717, 1.165) is 17.7 Å². The fourth-order valence-corrected chi connectivity index (χ4v) is 3.17. The molecule has 0 unspecified atom stereocenters. The lowest BCUT2D eigenvalue weighted by Crippen LogP contribution is -2.23. The third-order valence-corrected chi connectivity index (χ3v) is 4.67. The third-order valence-electron chi connectivity index (χ3n) is 4.44. The van der Waals surface area contributed by atoms with Crippen LogP contribution >= 0.6 is 11.6 Å². The molecule has 28 heavy (non-hydrogen) atoms. The average molecular weight is 392 g/mol. The highest BCUT2D eigenvalue weighted by atomic mass is 35.5. The number of carbonyl (C=O) groups excluding carboxylic acids is 1. The normalized spacial score (nSPS) is 10.9. The quantitative estimate of drug-likeness (QED) is 0.556. The van der Waals surface area contributed by atoms with Crippen molar-refractivity contribution < 1.29 is 4.79 Å². The van der Waals surface area contributed by atoms with Gasteiger partial charge in [-0.25, -0.2) is 4.98 Å². The standard InChI is InChI=1S/C21H18ClN5O/c1-2-27-13-14(11-25-27)10-24-21(28)18-9-20(15-4-3-7-23-12-15)26-19-6-5-16(22)8-17(18)19/h3-9,11-13H,2,10H2,1H3,(H,24,28). The van der Waals surface area contributed by atoms with Gasteiger partial charge in [0.05, 0.1) is 23.0 Å². The fraction of sp³-hybridized carbons (Fsp3) is 0.143. The molecule has 0 aliphatic carbocycles. The molecular formula is C21H18ClN5O. The first-order valence-electron chi connectivity index (χ1n) is 8.94. The van der Waals surface area contributed by atoms with Gasteiger partial charge in [-0.15, -0.1) is 0 Å². The fourth-order valence-electron chi connectivity index (χ4n) is 3.00. The molecule has 0 radical (unpaired) electrons. The zero-order valence-electron chi connectivity index (χ0n) is 15.3. The van der Waals surface area contributed by atoms with E-state index in [4.69, 9.17) is 11.6 Å². The Morgan fingerprint density at radius 1 is 1.21 bits per heavy atom. The van der Waals surface area contributed by atoms with Crippen LogP contribution in [0.25, 0.3) is 22.2 Å². The second-order valence-corrected chi connectivity index (χ2v) is 6.78. The monoisotopic (exact) mass is 391 g/mol. The summed E-state index contributed by atoms with van der Waals surface area (Å²) < 4.78 is 1.82. The Morgan fingerprint density at radius 3 is 2.86 bits per heavy atom. The smallest absolute Gasteiger partial charge is 0.252 e. The number of aromatic nitrogens is 4. The minimum Gasteiger partial charge on any atom is -0.348 e. The summed E-state index contributed by atoms with van der Waals surface area (Å²) in [6, 6.07) is 10.9. The summed E-state index contributed by atoms with van der Waals surface area (Å²) in [6.45, 7) is 3.20. The second-order valence-electron chi connectivity index (χ2n) is 6.35. The summed E-state index contributed by atoms with van der Waals surface area (Å²) in [6.07, 6.45) is 7.11. The molecule has 0 saturated heterocycles. The van der Waals surface area contributed by atoms with Gasteiger partial charge >= 0.3 is 0 Å². The summed E-state index contributed by atoms with van der Waals surface area (Å²) in [5, 5.41) is 8.46. The molecule has 3 heterocycles. The van der Waals surface area contributed by atoms with Crippen LogP contribution in [-0.2, 0) is 13.1 Å². The van der Waals surface area contributed by atoms with E-state index >= 15 is 0 Å². The van der Waals surface area contributed by atoms with Crippen molar-refractivity contribution in [2.45, 2.75) is 20.0 Å². The van der Waals surface area contributed by atoms with Crippen molar-refractivity contribution in [3.63, 3.8) is 0 Å². The first-order chi connectivity index (χ1) is 13.6. The van der Waals surface area contributed by atoms with Gasteiger partial charge in [-0.1, -0.05) is 11.6 Å². The Balaban J connectivity index is 1.71. The molecule has 3 aromatic heterocycles. The van der Waals surface area contributed by atoms with Gasteiger partial charge < -0.3 is 5.32 Å². The lowest BCUT2D eigenvalue weighted by molar-refractivity contribution is 0.0952. The van der Waals surface area contributed by atoms with E-state index in [2.05, 4.69) is 20.4 Å². The van der Waals surface area contributed by atoms with Gasteiger partial charge in [0.15, 0.2) is 0 Å². The number of amides is 1. The van der Waals surface area contributed by atoms with E-state index in [1.807, 2.05) is 36.0 Å². The Labute approximate surface area is 167 Å². The maximum absolute atomic E-state index is 13.0. The zero-order chi connectivity index (χ0) is 19.5. The SMILES string of the molecule is CCn1cc(CNC(=O)c2cc(-c3cccnc3)nc3ccc(Cl)cc23)cn1. The molecule has 0 aliphatic heterocycles.